The Kier molecular flexibility index (Phi) is 5.70. The fourth-order valence-electron chi connectivity index (χ4n) is 2.12. The summed E-state index contributed by atoms with van der Waals surface area (Å²) in [6.07, 6.45) is 1.66. The first-order chi connectivity index (χ1) is 9.70. The Bertz CT molecular complexity index is 464. The fraction of sp³-hybridized carbons (Fsp3) is 0.615. The number of nitrogens with one attached hydrogen (secondary N) is 1. The van der Waals surface area contributed by atoms with Crippen molar-refractivity contribution in [2.75, 3.05) is 44.7 Å². The number of aryl methyl sites for hydroxylation is 1. The number of anilines is 1. The molecule has 0 saturated carbocycles. The Hall–Kier alpha value is -1.24. The molecule has 1 saturated heterocycles. The molecule has 1 aromatic rings. The zero-order valence-electron chi connectivity index (χ0n) is 11.6. The van der Waals surface area contributed by atoms with Gasteiger partial charge in [0.1, 0.15) is 16.8 Å². The van der Waals surface area contributed by atoms with Gasteiger partial charge in [-0.15, -0.1) is 0 Å². The van der Waals surface area contributed by atoms with Crippen molar-refractivity contribution in [2.45, 2.75) is 13.3 Å². The number of nitrogens with zero attached hydrogens (tertiary/aromatic N) is 3. The molecule has 0 aromatic carbocycles. The van der Waals surface area contributed by atoms with Gasteiger partial charge in [-0.25, -0.2) is 9.97 Å². The second kappa shape index (κ2) is 7.52. The molecule has 0 atom stereocenters. The molecule has 7 heteroatoms. The van der Waals surface area contributed by atoms with Crippen molar-refractivity contribution in [3.8, 4) is 0 Å². The van der Waals surface area contributed by atoms with E-state index in [0.717, 1.165) is 45.8 Å². The van der Waals surface area contributed by atoms with Crippen LogP contribution in [0.3, 0.4) is 0 Å². The minimum absolute atomic E-state index is 0.197. The number of carbonyl (C=O) groups excluding carboxylic acids is 1. The smallest absolute Gasteiger partial charge is 0.156 e. The van der Waals surface area contributed by atoms with Gasteiger partial charge in [0.15, 0.2) is 6.29 Å². The van der Waals surface area contributed by atoms with Gasteiger partial charge in [-0.3, -0.25) is 9.69 Å². The van der Waals surface area contributed by atoms with E-state index in [0.29, 0.717) is 23.5 Å². The molecule has 2 heterocycles. The van der Waals surface area contributed by atoms with Crippen LogP contribution in [0.4, 0.5) is 5.82 Å². The number of aldehydes is 1. The lowest BCUT2D eigenvalue weighted by Gasteiger charge is -2.26. The molecule has 0 unspecified atom stereocenters. The lowest BCUT2D eigenvalue weighted by molar-refractivity contribution is 0.0378. The van der Waals surface area contributed by atoms with Crippen molar-refractivity contribution in [1.82, 2.24) is 14.9 Å². The predicted molar refractivity (Wildman–Crippen MR) is 77.5 cm³/mol. The molecule has 2 rings (SSSR count). The van der Waals surface area contributed by atoms with Crippen molar-refractivity contribution >= 4 is 23.7 Å². The van der Waals surface area contributed by atoms with Crippen LogP contribution >= 0.6 is 11.6 Å². The summed E-state index contributed by atoms with van der Waals surface area (Å²) in [5.41, 5.74) is 0.323. The Morgan fingerprint density at radius 2 is 2.15 bits per heavy atom. The van der Waals surface area contributed by atoms with Gasteiger partial charge >= 0.3 is 0 Å². The highest BCUT2D eigenvalue weighted by Gasteiger charge is 2.12. The SMILES string of the molecule is Cc1nc(Cl)c(C=O)c(NCCCN2CCOCC2)n1. The highest BCUT2D eigenvalue weighted by Crippen LogP contribution is 2.18. The summed E-state index contributed by atoms with van der Waals surface area (Å²) < 4.78 is 5.30. The maximum Gasteiger partial charge on any atom is 0.156 e. The molecular formula is C13H19ClN4O2. The standard InChI is InChI=1S/C13H19ClN4O2/c1-10-16-12(14)11(9-19)13(17-10)15-3-2-4-18-5-7-20-8-6-18/h9H,2-8H2,1H3,(H,15,16,17). The molecule has 1 fully saturated rings. The van der Waals surface area contributed by atoms with Crippen LogP contribution in [-0.2, 0) is 4.74 Å². The van der Waals surface area contributed by atoms with E-state index < -0.39 is 0 Å². The van der Waals surface area contributed by atoms with Gasteiger partial charge in [-0.05, 0) is 19.9 Å². The topological polar surface area (TPSA) is 67.4 Å². The number of carbonyl (C=O) groups is 1. The number of aromatic nitrogens is 2. The Balaban J connectivity index is 1.82. The highest BCUT2D eigenvalue weighted by molar-refractivity contribution is 6.32. The summed E-state index contributed by atoms with van der Waals surface area (Å²) in [6, 6.07) is 0. The van der Waals surface area contributed by atoms with Gasteiger partial charge in [0.25, 0.3) is 0 Å². The molecule has 0 amide bonds. The molecule has 1 aliphatic heterocycles. The zero-order chi connectivity index (χ0) is 14.4. The molecular weight excluding hydrogens is 280 g/mol. The summed E-state index contributed by atoms with van der Waals surface area (Å²) in [7, 11) is 0. The first-order valence-corrected chi connectivity index (χ1v) is 7.12. The van der Waals surface area contributed by atoms with Crippen LogP contribution in [0.1, 0.15) is 22.6 Å². The van der Waals surface area contributed by atoms with E-state index in [4.69, 9.17) is 16.3 Å². The minimum Gasteiger partial charge on any atom is -0.379 e. The quantitative estimate of drug-likeness (QED) is 0.486. The molecule has 110 valence electrons. The van der Waals surface area contributed by atoms with E-state index in [-0.39, 0.29) is 5.15 Å². The monoisotopic (exact) mass is 298 g/mol. The van der Waals surface area contributed by atoms with Gasteiger partial charge < -0.3 is 10.1 Å². The third-order valence-corrected chi connectivity index (χ3v) is 3.46. The van der Waals surface area contributed by atoms with Crippen molar-refractivity contribution in [3.05, 3.63) is 16.5 Å². The third-order valence-electron chi connectivity index (χ3n) is 3.18. The number of ether oxygens (including phenoxy) is 1. The average Bonchev–Trinajstić information content (AvgIpc) is 2.44. The third kappa shape index (κ3) is 4.13. The van der Waals surface area contributed by atoms with Crippen molar-refractivity contribution < 1.29 is 9.53 Å². The predicted octanol–water partition coefficient (Wildman–Crippen LogP) is 1.39. The van der Waals surface area contributed by atoms with Gasteiger partial charge in [0.05, 0.1) is 18.8 Å². The fourth-order valence-corrected chi connectivity index (χ4v) is 2.38. The van der Waals surface area contributed by atoms with E-state index in [2.05, 4.69) is 20.2 Å². The summed E-state index contributed by atoms with van der Waals surface area (Å²) in [4.78, 5) is 21.6. The maximum atomic E-state index is 11.0. The molecule has 0 bridgehead atoms. The molecule has 0 spiro atoms. The second-order valence-electron chi connectivity index (χ2n) is 4.68. The molecule has 20 heavy (non-hydrogen) atoms. The summed E-state index contributed by atoms with van der Waals surface area (Å²) in [6.45, 7) is 7.08. The summed E-state index contributed by atoms with van der Waals surface area (Å²) in [5.74, 6) is 1.07. The van der Waals surface area contributed by atoms with Crippen LogP contribution in [0.2, 0.25) is 5.15 Å². The van der Waals surface area contributed by atoms with E-state index in [1.165, 1.54) is 0 Å². The molecule has 0 aliphatic carbocycles. The number of hydrogen-bond acceptors (Lipinski definition) is 6. The first kappa shape index (κ1) is 15.2. The van der Waals surface area contributed by atoms with Gasteiger partial charge in [0, 0.05) is 19.6 Å². The average molecular weight is 299 g/mol. The van der Waals surface area contributed by atoms with Crippen LogP contribution < -0.4 is 5.32 Å². The Morgan fingerprint density at radius 1 is 1.40 bits per heavy atom. The highest BCUT2D eigenvalue weighted by atomic mass is 35.5. The van der Waals surface area contributed by atoms with Gasteiger partial charge in [0.2, 0.25) is 0 Å². The van der Waals surface area contributed by atoms with Crippen molar-refractivity contribution in [1.29, 1.82) is 0 Å². The van der Waals surface area contributed by atoms with Crippen LogP contribution in [0.5, 0.6) is 0 Å². The van der Waals surface area contributed by atoms with E-state index in [9.17, 15) is 4.79 Å². The molecule has 1 aromatic heterocycles. The summed E-state index contributed by atoms with van der Waals surface area (Å²) in [5, 5.41) is 3.36. The summed E-state index contributed by atoms with van der Waals surface area (Å²) >= 11 is 5.92. The van der Waals surface area contributed by atoms with Crippen LogP contribution in [0.25, 0.3) is 0 Å². The number of halogens is 1. The number of rotatable bonds is 6. The van der Waals surface area contributed by atoms with E-state index in [1.54, 1.807) is 6.92 Å². The molecule has 1 N–H and O–H groups in total. The molecule has 6 nitrogen and oxygen atoms in total. The lowest BCUT2D eigenvalue weighted by atomic mass is 10.3. The maximum absolute atomic E-state index is 11.0. The van der Waals surface area contributed by atoms with Crippen molar-refractivity contribution in [3.63, 3.8) is 0 Å². The Labute approximate surface area is 123 Å². The number of hydrogen-bond donors (Lipinski definition) is 1. The largest absolute Gasteiger partial charge is 0.379 e. The zero-order valence-corrected chi connectivity index (χ0v) is 12.3. The van der Waals surface area contributed by atoms with Gasteiger partial charge in [-0.2, -0.15) is 0 Å². The second-order valence-corrected chi connectivity index (χ2v) is 5.03. The van der Waals surface area contributed by atoms with Crippen LogP contribution in [-0.4, -0.2) is 60.5 Å². The molecule has 0 radical (unpaired) electrons. The van der Waals surface area contributed by atoms with E-state index >= 15 is 0 Å². The Morgan fingerprint density at radius 3 is 2.85 bits per heavy atom. The first-order valence-electron chi connectivity index (χ1n) is 6.74. The minimum atomic E-state index is 0.197. The normalized spacial score (nSPS) is 16.1. The van der Waals surface area contributed by atoms with Crippen LogP contribution in [0, 0.1) is 6.92 Å². The van der Waals surface area contributed by atoms with Crippen molar-refractivity contribution in [2.24, 2.45) is 0 Å². The van der Waals surface area contributed by atoms with Gasteiger partial charge in [-0.1, -0.05) is 11.6 Å². The van der Waals surface area contributed by atoms with E-state index in [1.807, 2.05) is 0 Å². The lowest BCUT2D eigenvalue weighted by Crippen LogP contribution is -2.37. The number of morpholine rings is 1. The molecule has 1 aliphatic rings. The van der Waals surface area contributed by atoms with Crippen LogP contribution in [0.15, 0.2) is 0 Å².